The van der Waals surface area contributed by atoms with Crippen LogP contribution in [-0.2, 0) is 45.8 Å². The Morgan fingerprint density at radius 3 is 2.42 bits per heavy atom. The van der Waals surface area contributed by atoms with Crippen LogP contribution in [0.25, 0.3) is 10.9 Å². The van der Waals surface area contributed by atoms with E-state index in [0.29, 0.717) is 89.1 Å². The van der Waals surface area contributed by atoms with Gasteiger partial charge >= 0.3 is 23.9 Å². The van der Waals surface area contributed by atoms with E-state index in [1.165, 1.54) is 21.1 Å². The molecule has 5 aliphatic heterocycles. The van der Waals surface area contributed by atoms with E-state index in [1.54, 1.807) is 7.11 Å². The van der Waals surface area contributed by atoms with Crippen molar-refractivity contribution in [3.8, 4) is 5.75 Å². The number of nitrogens with one attached hydrogen (secondary N) is 3. The van der Waals surface area contributed by atoms with Gasteiger partial charge in [-0.05, 0) is 80.7 Å². The number of methoxy groups -OCH3 is 3. The minimum atomic E-state index is -2.32. The second-order valence-electron chi connectivity index (χ2n) is 20.0. The van der Waals surface area contributed by atoms with Gasteiger partial charge < -0.3 is 49.5 Å². The number of amides is 2. The third-order valence-corrected chi connectivity index (χ3v) is 16.8. The molecule has 66 heavy (non-hydrogen) atoms. The van der Waals surface area contributed by atoms with E-state index >= 15 is 4.79 Å². The molecule has 1 aromatic heterocycles. The number of esters is 3. The van der Waals surface area contributed by atoms with Crippen LogP contribution >= 0.6 is 0 Å². The maximum atomic E-state index is 15.6. The van der Waals surface area contributed by atoms with Crippen LogP contribution in [0.15, 0.2) is 48.6 Å². The van der Waals surface area contributed by atoms with Crippen molar-refractivity contribution in [1.82, 2.24) is 25.4 Å². The molecule has 15 nitrogen and oxygen atoms in total. The Balaban J connectivity index is 1.30. The number of anilines is 1. The highest BCUT2D eigenvalue weighted by molar-refractivity contribution is 5.95. The number of unbranched alkanes of at least 4 members (excludes halogenated alkanes) is 1. The molecule has 15 heteroatoms. The van der Waals surface area contributed by atoms with Crippen LogP contribution in [0, 0.1) is 11.3 Å². The number of urea groups is 1. The predicted octanol–water partition coefficient (Wildman–Crippen LogP) is 5.10. The molecular weight excluding hydrogens is 841 g/mol. The van der Waals surface area contributed by atoms with Crippen molar-refractivity contribution in [1.29, 1.82) is 0 Å². The molecule has 3 fully saturated rings. The largest absolute Gasteiger partial charge is 0.496 e. The number of aromatic amines is 1. The predicted molar refractivity (Wildman–Crippen MR) is 250 cm³/mol. The summed E-state index contributed by atoms with van der Waals surface area (Å²) in [7, 11) is 6.18. The quantitative estimate of drug-likeness (QED) is 0.0870. The molecule has 10 atom stereocenters. The molecule has 6 aliphatic rings. The Bertz CT molecular complexity index is 2460. The van der Waals surface area contributed by atoms with E-state index in [4.69, 9.17) is 18.9 Å². The van der Waals surface area contributed by atoms with Crippen LogP contribution in [-0.4, -0.2) is 141 Å². The summed E-state index contributed by atoms with van der Waals surface area (Å²) in [5.74, 6) is -1.58. The average molecular weight is 909 g/mol. The second kappa shape index (κ2) is 16.9. The van der Waals surface area contributed by atoms with Crippen molar-refractivity contribution in [3.05, 3.63) is 70.9 Å². The number of piperidine rings is 1. The fraction of sp³-hybridized carbons (Fsp3) is 0.608. The fourth-order valence-corrected chi connectivity index (χ4v) is 14.4. The second-order valence-corrected chi connectivity index (χ2v) is 20.0. The van der Waals surface area contributed by atoms with Crippen LogP contribution in [0.1, 0.15) is 95.0 Å². The van der Waals surface area contributed by atoms with Gasteiger partial charge in [0.25, 0.3) is 0 Å². The number of nitrogens with zero attached hydrogens (tertiary/aromatic N) is 3. The van der Waals surface area contributed by atoms with E-state index in [2.05, 4.69) is 63.5 Å². The molecule has 1 unspecified atom stereocenters. The van der Waals surface area contributed by atoms with Gasteiger partial charge in [0, 0.05) is 97.5 Å². The minimum absolute atomic E-state index is 0.0978. The smallest absolute Gasteiger partial charge is 0.344 e. The first kappa shape index (κ1) is 46.0. The molecule has 3 aromatic rings. The average Bonchev–Trinajstić information content (AvgIpc) is 3.98. The Labute approximate surface area is 387 Å². The zero-order chi connectivity index (χ0) is 47.0. The van der Waals surface area contributed by atoms with Gasteiger partial charge in [0.1, 0.15) is 11.2 Å². The monoisotopic (exact) mass is 909 g/mol. The number of hydrogen-bond acceptors (Lipinski definition) is 12. The summed E-state index contributed by atoms with van der Waals surface area (Å²) < 4.78 is 24.2. The number of carbonyl (C=O) groups excluding carboxylic acids is 4. The van der Waals surface area contributed by atoms with E-state index in [0.717, 1.165) is 46.3 Å². The van der Waals surface area contributed by atoms with Crippen molar-refractivity contribution in [2.75, 3.05) is 72.5 Å². The number of carbonyl (C=O) groups is 4. The summed E-state index contributed by atoms with van der Waals surface area (Å²) in [5.41, 5.74) is -1.39. The van der Waals surface area contributed by atoms with Crippen molar-refractivity contribution >= 4 is 40.5 Å². The van der Waals surface area contributed by atoms with E-state index < -0.39 is 57.4 Å². The lowest BCUT2D eigenvalue weighted by atomic mass is 9.47. The number of rotatable bonds is 11. The first-order valence-electron chi connectivity index (χ1n) is 24.0. The topological polar surface area (TPSA) is 175 Å². The SMILES string of the molecule is CCCCNC(=O)N[C@@]1(CC)C[C@@H]2CN(CCc3c([nH]c4ccccc34)[C@@](C(=O)OC)(c3cc4c(cc3OC)N(C)[C@H]3[C@@](O)(C(=O)OC)[C@H](OC(C)=O)[C@]5(CC)C=CCN6CC[C@]43[C@@H]65)C2)C1. The Hall–Kier alpha value is -5.12. The van der Waals surface area contributed by atoms with Gasteiger partial charge in [-0.2, -0.15) is 0 Å². The van der Waals surface area contributed by atoms with Crippen LogP contribution in [0.5, 0.6) is 5.75 Å². The minimum Gasteiger partial charge on any atom is -0.496 e. The summed E-state index contributed by atoms with van der Waals surface area (Å²) >= 11 is 0. The maximum Gasteiger partial charge on any atom is 0.344 e. The fourth-order valence-electron chi connectivity index (χ4n) is 14.4. The van der Waals surface area contributed by atoms with Crippen molar-refractivity contribution in [2.24, 2.45) is 11.3 Å². The summed E-state index contributed by atoms with van der Waals surface area (Å²) in [6.45, 7) is 11.5. The highest BCUT2D eigenvalue weighted by Gasteiger charge is 2.80. The molecule has 2 aromatic carbocycles. The Morgan fingerprint density at radius 1 is 0.955 bits per heavy atom. The number of hydrogen-bond donors (Lipinski definition) is 4. The zero-order valence-electron chi connectivity index (χ0n) is 39.9. The van der Waals surface area contributed by atoms with Gasteiger partial charge in [-0.3, -0.25) is 14.5 Å². The molecule has 4 N–H and O–H groups in total. The normalized spacial score (nSPS) is 34.1. The molecule has 2 bridgehead atoms. The van der Waals surface area contributed by atoms with Crippen molar-refractivity contribution in [2.45, 2.75) is 119 Å². The van der Waals surface area contributed by atoms with Gasteiger partial charge in [-0.1, -0.05) is 57.5 Å². The first-order chi connectivity index (χ1) is 31.7. The summed E-state index contributed by atoms with van der Waals surface area (Å²) in [6.07, 6.45) is 7.98. The number of benzene rings is 2. The van der Waals surface area contributed by atoms with E-state index in [-0.39, 0.29) is 18.0 Å². The van der Waals surface area contributed by atoms with Crippen LogP contribution < -0.4 is 20.3 Å². The Kier molecular flexibility index (Phi) is 11.8. The van der Waals surface area contributed by atoms with Crippen LogP contribution in [0.3, 0.4) is 0 Å². The van der Waals surface area contributed by atoms with Crippen molar-refractivity contribution < 1.29 is 43.2 Å². The lowest BCUT2D eigenvalue weighted by Gasteiger charge is -2.63. The molecular formula is C51H68N6O9. The zero-order valence-corrected chi connectivity index (χ0v) is 39.9. The molecule has 6 heterocycles. The molecule has 1 aliphatic carbocycles. The number of aromatic nitrogens is 1. The Morgan fingerprint density at radius 2 is 1.73 bits per heavy atom. The van der Waals surface area contributed by atoms with Crippen LogP contribution in [0.4, 0.5) is 10.5 Å². The van der Waals surface area contributed by atoms with Crippen LogP contribution in [0.2, 0.25) is 0 Å². The number of H-pyrrole nitrogens is 1. The third kappa shape index (κ3) is 6.45. The van der Waals surface area contributed by atoms with Gasteiger partial charge in [0.15, 0.2) is 6.10 Å². The number of ether oxygens (including phenoxy) is 4. The number of likely N-dealkylation sites (N-methyl/N-ethyl adjacent to an activating group) is 1. The van der Waals surface area contributed by atoms with E-state index in [1.807, 2.05) is 43.1 Å². The standard InChI is InChI=1S/C51H68N6O9/c1-9-12-21-52-46(61)54-47(10-2)27-32-28-50(44(59)64-7,40-34(18-23-56(29-32)30-47)33-16-13-14-17-37(33)53-40)36-25-35-38(26-39(36)63-6)55(5)42-49(35)20-24-57-22-15-19-48(11-3,41(49)57)43(66-31(4)58)51(42,62)45(60)65-8/h13-17,19,25-26,32,41-43,53,62H,9-12,18,20-24,27-30H2,1-8H3,(H2,52,54,61)/t32-,41-,42+,43+,47-,48+,49+,50-,51-/m0/s1. The van der Waals surface area contributed by atoms with E-state index in [9.17, 15) is 19.5 Å². The summed E-state index contributed by atoms with van der Waals surface area (Å²) in [5, 5.41) is 21.0. The number of para-hydroxylation sites is 1. The first-order valence-corrected chi connectivity index (χ1v) is 24.0. The van der Waals surface area contributed by atoms with Gasteiger partial charge in [0.2, 0.25) is 5.60 Å². The molecule has 2 saturated heterocycles. The van der Waals surface area contributed by atoms with Gasteiger partial charge in [-0.25, -0.2) is 9.59 Å². The number of fused-ring (bicyclic) bond motifs is 6. The molecule has 9 rings (SSSR count). The molecule has 1 spiro atoms. The number of aliphatic hydroxyl groups is 1. The molecule has 1 saturated carbocycles. The highest BCUT2D eigenvalue weighted by Crippen LogP contribution is 2.68. The van der Waals surface area contributed by atoms with Gasteiger partial charge in [0.05, 0.1) is 32.9 Å². The lowest BCUT2D eigenvalue weighted by Crippen LogP contribution is -2.81. The third-order valence-electron chi connectivity index (χ3n) is 16.8. The maximum absolute atomic E-state index is 15.6. The van der Waals surface area contributed by atoms with Crippen molar-refractivity contribution in [3.63, 3.8) is 0 Å². The lowest BCUT2D eigenvalue weighted by molar-refractivity contribution is -0.228. The molecule has 356 valence electrons. The summed E-state index contributed by atoms with van der Waals surface area (Å²) in [4.78, 5) is 67.4. The highest BCUT2D eigenvalue weighted by atomic mass is 16.6. The molecule has 0 radical (unpaired) electrons. The molecule has 2 amide bonds. The van der Waals surface area contributed by atoms with Gasteiger partial charge in [-0.15, -0.1) is 0 Å². The summed E-state index contributed by atoms with van der Waals surface area (Å²) in [6, 6.07) is 10.8.